The van der Waals surface area contributed by atoms with Crippen LogP contribution in [0.15, 0.2) is 0 Å². The van der Waals surface area contributed by atoms with Gasteiger partial charge in [-0.15, -0.1) is 23.2 Å². The molecule has 140 valence electrons. The van der Waals surface area contributed by atoms with Gasteiger partial charge >= 0.3 is 0 Å². The van der Waals surface area contributed by atoms with Crippen molar-refractivity contribution in [2.75, 3.05) is 0 Å². The van der Waals surface area contributed by atoms with Gasteiger partial charge in [0.25, 0.3) is 0 Å². The van der Waals surface area contributed by atoms with Gasteiger partial charge in [-0.1, -0.05) is 101 Å². The third-order valence-electron chi connectivity index (χ3n) is 3.96. The summed E-state index contributed by atoms with van der Waals surface area (Å²) in [5.74, 6) is 0.762. The van der Waals surface area contributed by atoms with Gasteiger partial charge in [0.2, 0.25) is 0 Å². The number of unbranched alkanes of at least 4 members (excludes halogenated alkanes) is 5. The fraction of sp³-hybridized carbons (Fsp3) is 1.00. The molecule has 0 N–H and O–H groups in total. The molecular weight excluding hydrogens is 363 g/mol. The number of halogens is 2. The monoisotopic (exact) mass is 400 g/mol. The Hall–Kier alpha value is 1.28. The van der Waals surface area contributed by atoms with Gasteiger partial charge in [-0.05, 0) is 25.2 Å². The lowest BCUT2D eigenvalue weighted by Crippen LogP contribution is -2.21. The van der Waals surface area contributed by atoms with Gasteiger partial charge < -0.3 is 0 Å². The third kappa shape index (κ3) is 15.3. The minimum Gasteiger partial charge on any atom is -0.105 e. The number of rotatable bonds is 14. The van der Waals surface area contributed by atoms with Crippen LogP contribution in [0.2, 0.25) is 0 Å². The summed E-state index contributed by atoms with van der Waals surface area (Å²) in [4.78, 5) is -0.239. The summed E-state index contributed by atoms with van der Waals surface area (Å²) in [7, 11) is 4.03. The summed E-state index contributed by atoms with van der Waals surface area (Å²) in [6, 6.07) is 0. The second kappa shape index (κ2) is 14.4. The SMILES string of the molecule is CCCCCCC(CCCCC)[C@@H](CC(Cl)Cl)SSC(C)(C)C. The summed E-state index contributed by atoms with van der Waals surface area (Å²) >= 11 is 12.3. The highest BCUT2D eigenvalue weighted by Crippen LogP contribution is 2.44. The molecule has 0 fully saturated rings. The Balaban J connectivity index is 4.65. The summed E-state index contributed by atoms with van der Waals surface area (Å²) in [6.45, 7) is 11.4. The van der Waals surface area contributed by atoms with Gasteiger partial charge in [-0.25, -0.2) is 0 Å². The molecule has 0 aliphatic carbocycles. The zero-order valence-electron chi connectivity index (χ0n) is 15.9. The molecule has 0 aliphatic rings. The molecule has 0 bridgehead atoms. The first-order valence-electron chi connectivity index (χ1n) is 9.42. The molecular formula is C19H38Cl2S2. The van der Waals surface area contributed by atoms with E-state index in [0.29, 0.717) is 5.25 Å². The van der Waals surface area contributed by atoms with E-state index in [-0.39, 0.29) is 9.58 Å². The van der Waals surface area contributed by atoms with Crippen LogP contribution < -0.4 is 0 Å². The van der Waals surface area contributed by atoms with Crippen LogP contribution in [0.5, 0.6) is 0 Å². The van der Waals surface area contributed by atoms with E-state index in [1.54, 1.807) is 0 Å². The molecule has 4 heteroatoms. The van der Waals surface area contributed by atoms with Crippen molar-refractivity contribution in [2.45, 2.75) is 114 Å². The number of hydrogen-bond donors (Lipinski definition) is 0. The Morgan fingerprint density at radius 2 is 1.35 bits per heavy atom. The highest BCUT2D eigenvalue weighted by atomic mass is 35.5. The molecule has 0 aromatic heterocycles. The highest BCUT2D eigenvalue weighted by Gasteiger charge is 2.26. The molecule has 0 aromatic rings. The topological polar surface area (TPSA) is 0 Å². The summed E-state index contributed by atoms with van der Waals surface area (Å²) in [5.41, 5.74) is 0. The van der Waals surface area contributed by atoms with Crippen LogP contribution >= 0.6 is 44.8 Å². The van der Waals surface area contributed by atoms with Crippen LogP contribution in [0, 0.1) is 5.92 Å². The second-order valence-corrected chi connectivity index (χ2v) is 12.1. The van der Waals surface area contributed by atoms with Gasteiger partial charge in [0.1, 0.15) is 4.84 Å². The molecule has 0 aliphatic heterocycles. The molecule has 1 unspecified atom stereocenters. The fourth-order valence-electron chi connectivity index (χ4n) is 2.70. The predicted octanol–water partition coefficient (Wildman–Crippen LogP) is 8.90. The molecule has 0 heterocycles. The van der Waals surface area contributed by atoms with Crippen molar-refractivity contribution in [1.29, 1.82) is 0 Å². The first-order chi connectivity index (χ1) is 10.8. The third-order valence-corrected chi connectivity index (χ3v) is 8.27. The standard InChI is InChI=1S/C19H38Cl2S2/c1-6-8-10-12-14-16(13-11-9-7-2)17(15-18(20)21)22-23-19(3,4)5/h16-18H,6-15H2,1-5H3/t16?,17-/m1/s1. The van der Waals surface area contributed by atoms with Crippen LogP contribution in [-0.4, -0.2) is 14.8 Å². The van der Waals surface area contributed by atoms with E-state index in [9.17, 15) is 0 Å². The molecule has 0 radical (unpaired) electrons. The van der Waals surface area contributed by atoms with Crippen molar-refractivity contribution in [3.63, 3.8) is 0 Å². The van der Waals surface area contributed by atoms with E-state index in [2.05, 4.69) is 34.6 Å². The largest absolute Gasteiger partial charge is 0.108 e. The zero-order chi connectivity index (χ0) is 17.7. The van der Waals surface area contributed by atoms with E-state index >= 15 is 0 Å². The van der Waals surface area contributed by atoms with Crippen molar-refractivity contribution in [3.05, 3.63) is 0 Å². The molecule has 0 nitrogen and oxygen atoms in total. The molecule has 0 amide bonds. The van der Waals surface area contributed by atoms with Gasteiger partial charge in [0, 0.05) is 10.00 Å². The van der Waals surface area contributed by atoms with E-state index < -0.39 is 0 Å². The van der Waals surface area contributed by atoms with Crippen LogP contribution in [0.3, 0.4) is 0 Å². The first kappa shape index (κ1) is 24.3. The molecule has 0 saturated carbocycles. The smallest absolute Gasteiger partial charge is 0.105 e. The molecule has 0 spiro atoms. The predicted molar refractivity (Wildman–Crippen MR) is 115 cm³/mol. The molecule has 0 saturated heterocycles. The summed E-state index contributed by atoms with van der Waals surface area (Å²) in [5, 5.41) is 0.581. The van der Waals surface area contributed by atoms with Crippen LogP contribution in [0.25, 0.3) is 0 Å². The van der Waals surface area contributed by atoms with Crippen molar-refractivity contribution in [1.82, 2.24) is 0 Å². The Bertz CT molecular complexity index is 265. The van der Waals surface area contributed by atoms with E-state index in [4.69, 9.17) is 23.2 Å². The first-order valence-corrected chi connectivity index (χ1v) is 12.5. The number of alkyl halides is 2. The maximum Gasteiger partial charge on any atom is 0.108 e. The summed E-state index contributed by atoms with van der Waals surface area (Å²) < 4.78 is 0.285. The Labute approximate surface area is 164 Å². The van der Waals surface area contributed by atoms with E-state index in [1.165, 1.54) is 57.8 Å². The Morgan fingerprint density at radius 1 is 0.826 bits per heavy atom. The minimum atomic E-state index is -0.239. The van der Waals surface area contributed by atoms with Crippen LogP contribution in [0.1, 0.15) is 98.8 Å². The van der Waals surface area contributed by atoms with Crippen molar-refractivity contribution < 1.29 is 0 Å². The van der Waals surface area contributed by atoms with Crippen molar-refractivity contribution in [3.8, 4) is 0 Å². The Kier molecular flexibility index (Phi) is 15.3. The van der Waals surface area contributed by atoms with Crippen LogP contribution in [-0.2, 0) is 0 Å². The average Bonchev–Trinajstić information content (AvgIpc) is 2.45. The lowest BCUT2D eigenvalue weighted by molar-refractivity contribution is 0.390. The summed E-state index contributed by atoms with van der Waals surface area (Å²) in [6.07, 6.45) is 13.0. The fourth-order valence-corrected chi connectivity index (χ4v) is 6.35. The van der Waals surface area contributed by atoms with Gasteiger partial charge in [0.15, 0.2) is 0 Å². The second-order valence-electron chi connectivity index (χ2n) is 7.56. The quantitative estimate of drug-likeness (QED) is 0.162. The van der Waals surface area contributed by atoms with Gasteiger partial charge in [-0.3, -0.25) is 0 Å². The van der Waals surface area contributed by atoms with Crippen molar-refractivity contribution in [2.24, 2.45) is 5.92 Å². The average molecular weight is 402 g/mol. The van der Waals surface area contributed by atoms with Crippen LogP contribution in [0.4, 0.5) is 0 Å². The van der Waals surface area contributed by atoms with E-state index in [0.717, 1.165) is 12.3 Å². The van der Waals surface area contributed by atoms with Crippen molar-refractivity contribution >= 4 is 44.8 Å². The lowest BCUT2D eigenvalue weighted by Gasteiger charge is -2.29. The maximum atomic E-state index is 6.15. The molecule has 0 rings (SSSR count). The minimum absolute atomic E-state index is 0.239. The molecule has 23 heavy (non-hydrogen) atoms. The number of hydrogen-bond acceptors (Lipinski definition) is 2. The normalized spacial score (nSPS) is 15.1. The van der Waals surface area contributed by atoms with E-state index in [1.807, 2.05) is 21.6 Å². The highest BCUT2D eigenvalue weighted by molar-refractivity contribution is 8.77. The molecule has 2 atom stereocenters. The van der Waals surface area contributed by atoms with Gasteiger partial charge in [0.05, 0.1) is 0 Å². The maximum absolute atomic E-state index is 6.15. The zero-order valence-corrected chi connectivity index (χ0v) is 19.0. The Morgan fingerprint density at radius 3 is 1.83 bits per heavy atom. The molecule has 0 aromatic carbocycles. The van der Waals surface area contributed by atoms with Gasteiger partial charge in [-0.2, -0.15) is 0 Å². The lowest BCUT2D eigenvalue weighted by atomic mass is 9.90.